The summed E-state index contributed by atoms with van der Waals surface area (Å²) in [6.07, 6.45) is 5.79. The standard InChI is InChI=1S/C16H23NO/c1-12(2)13-8-10-15(11-9-13)17-16(18)14-6-4-3-5-7-14/h8-12,14H,3-7H2,1-2H3,(H,17,18). The predicted molar refractivity (Wildman–Crippen MR) is 75.7 cm³/mol. The van der Waals surface area contributed by atoms with Crippen molar-refractivity contribution in [2.24, 2.45) is 5.92 Å². The van der Waals surface area contributed by atoms with Crippen LogP contribution in [0.3, 0.4) is 0 Å². The summed E-state index contributed by atoms with van der Waals surface area (Å²) in [6, 6.07) is 8.22. The first-order chi connectivity index (χ1) is 8.66. The van der Waals surface area contributed by atoms with Crippen molar-refractivity contribution in [1.82, 2.24) is 0 Å². The summed E-state index contributed by atoms with van der Waals surface area (Å²) in [7, 11) is 0. The largest absolute Gasteiger partial charge is 0.326 e. The Hall–Kier alpha value is -1.31. The van der Waals surface area contributed by atoms with E-state index in [2.05, 4.69) is 31.3 Å². The van der Waals surface area contributed by atoms with E-state index in [1.54, 1.807) is 0 Å². The van der Waals surface area contributed by atoms with Gasteiger partial charge in [0.05, 0.1) is 0 Å². The molecule has 0 unspecified atom stereocenters. The van der Waals surface area contributed by atoms with Gasteiger partial charge in [0.2, 0.25) is 5.91 Å². The zero-order valence-corrected chi connectivity index (χ0v) is 11.4. The van der Waals surface area contributed by atoms with Crippen LogP contribution in [-0.4, -0.2) is 5.91 Å². The fourth-order valence-electron chi connectivity index (χ4n) is 2.56. The second kappa shape index (κ2) is 6.03. The van der Waals surface area contributed by atoms with Gasteiger partial charge in [0.25, 0.3) is 0 Å². The molecule has 2 heteroatoms. The van der Waals surface area contributed by atoms with Crippen molar-refractivity contribution in [2.45, 2.75) is 51.9 Å². The van der Waals surface area contributed by atoms with Gasteiger partial charge in [-0.25, -0.2) is 0 Å². The molecule has 1 amide bonds. The minimum Gasteiger partial charge on any atom is -0.326 e. The highest BCUT2D eigenvalue weighted by Crippen LogP contribution is 2.25. The molecule has 0 radical (unpaired) electrons. The summed E-state index contributed by atoms with van der Waals surface area (Å²) in [5.74, 6) is 0.962. The fraction of sp³-hybridized carbons (Fsp3) is 0.562. The lowest BCUT2D eigenvalue weighted by Crippen LogP contribution is -2.24. The molecule has 0 aliphatic heterocycles. The third-order valence-corrected chi connectivity index (χ3v) is 3.82. The second-order valence-electron chi connectivity index (χ2n) is 5.60. The molecule has 0 saturated heterocycles. The molecule has 1 N–H and O–H groups in total. The number of hydrogen-bond acceptors (Lipinski definition) is 1. The molecule has 0 aromatic heterocycles. The molecule has 1 aliphatic rings. The van der Waals surface area contributed by atoms with Gasteiger partial charge in [-0.2, -0.15) is 0 Å². The molecule has 1 aromatic rings. The van der Waals surface area contributed by atoms with Gasteiger partial charge in [-0.3, -0.25) is 4.79 Å². The summed E-state index contributed by atoms with van der Waals surface area (Å²) in [4.78, 5) is 12.1. The number of carbonyl (C=O) groups excluding carboxylic acids is 1. The zero-order chi connectivity index (χ0) is 13.0. The number of hydrogen-bond donors (Lipinski definition) is 1. The topological polar surface area (TPSA) is 29.1 Å². The summed E-state index contributed by atoms with van der Waals surface area (Å²) in [5, 5.41) is 3.04. The van der Waals surface area contributed by atoms with Crippen LogP contribution in [-0.2, 0) is 4.79 Å². The summed E-state index contributed by atoms with van der Waals surface area (Å²) in [6.45, 7) is 4.35. The van der Waals surface area contributed by atoms with Crippen molar-refractivity contribution in [2.75, 3.05) is 5.32 Å². The van der Waals surface area contributed by atoms with Crippen molar-refractivity contribution < 1.29 is 4.79 Å². The summed E-state index contributed by atoms with van der Waals surface area (Å²) >= 11 is 0. The Labute approximate surface area is 110 Å². The smallest absolute Gasteiger partial charge is 0.227 e. The van der Waals surface area contributed by atoms with Crippen LogP contribution < -0.4 is 5.32 Å². The third kappa shape index (κ3) is 3.34. The molecular weight excluding hydrogens is 222 g/mol. The molecule has 0 spiro atoms. The second-order valence-corrected chi connectivity index (χ2v) is 5.60. The van der Waals surface area contributed by atoms with Crippen LogP contribution in [0.5, 0.6) is 0 Å². The zero-order valence-electron chi connectivity index (χ0n) is 11.4. The third-order valence-electron chi connectivity index (χ3n) is 3.82. The molecule has 18 heavy (non-hydrogen) atoms. The molecule has 0 atom stereocenters. The lowest BCUT2D eigenvalue weighted by Gasteiger charge is -2.20. The van der Waals surface area contributed by atoms with E-state index in [-0.39, 0.29) is 11.8 Å². The molecular formula is C16H23NO. The number of carbonyl (C=O) groups is 1. The highest BCUT2D eigenvalue weighted by Gasteiger charge is 2.20. The van der Waals surface area contributed by atoms with E-state index in [1.165, 1.54) is 24.8 Å². The van der Waals surface area contributed by atoms with Crippen molar-refractivity contribution in [3.8, 4) is 0 Å². The maximum absolute atomic E-state index is 12.1. The van der Waals surface area contributed by atoms with Gasteiger partial charge in [0.1, 0.15) is 0 Å². The van der Waals surface area contributed by atoms with Gasteiger partial charge in [-0.1, -0.05) is 45.2 Å². The minimum absolute atomic E-state index is 0.201. The molecule has 2 nitrogen and oxygen atoms in total. The summed E-state index contributed by atoms with van der Waals surface area (Å²) in [5.41, 5.74) is 2.24. The first kappa shape index (κ1) is 13.1. The molecule has 1 aliphatic carbocycles. The molecule has 98 valence electrons. The van der Waals surface area contributed by atoms with Crippen LogP contribution in [0.25, 0.3) is 0 Å². The summed E-state index contributed by atoms with van der Waals surface area (Å²) < 4.78 is 0. The van der Waals surface area contributed by atoms with Crippen molar-refractivity contribution in [3.05, 3.63) is 29.8 Å². The van der Waals surface area contributed by atoms with Crippen molar-refractivity contribution in [3.63, 3.8) is 0 Å². The lowest BCUT2D eigenvalue weighted by atomic mass is 9.88. The van der Waals surface area contributed by atoms with Crippen LogP contribution in [0, 0.1) is 5.92 Å². The van der Waals surface area contributed by atoms with E-state index in [1.807, 2.05) is 12.1 Å². The molecule has 1 saturated carbocycles. The lowest BCUT2D eigenvalue weighted by molar-refractivity contribution is -0.120. The number of nitrogens with one attached hydrogen (secondary N) is 1. The number of amides is 1. The molecule has 1 fully saturated rings. The predicted octanol–water partition coefficient (Wildman–Crippen LogP) is 4.33. The number of rotatable bonds is 3. The monoisotopic (exact) mass is 245 g/mol. The SMILES string of the molecule is CC(C)c1ccc(NC(=O)C2CCCCC2)cc1. The van der Waals surface area contributed by atoms with Crippen LogP contribution in [0.2, 0.25) is 0 Å². The highest BCUT2D eigenvalue weighted by molar-refractivity contribution is 5.92. The van der Waals surface area contributed by atoms with Crippen molar-refractivity contribution in [1.29, 1.82) is 0 Å². The average molecular weight is 245 g/mol. The first-order valence-electron chi connectivity index (χ1n) is 7.07. The highest BCUT2D eigenvalue weighted by atomic mass is 16.1. The Morgan fingerprint density at radius 3 is 2.28 bits per heavy atom. The fourth-order valence-corrected chi connectivity index (χ4v) is 2.56. The quantitative estimate of drug-likeness (QED) is 0.843. The van der Waals surface area contributed by atoms with E-state index in [0.29, 0.717) is 5.92 Å². The van der Waals surface area contributed by atoms with E-state index in [4.69, 9.17) is 0 Å². The Morgan fingerprint density at radius 2 is 1.72 bits per heavy atom. The normalized spacial score (nSPS) is 16.8. The van der Waals surface area contributed by atoms with Gasteiger partial charge < -0.3 is 5.32 Å². The van der Waals surface area contributed by atoms with Crippen LogP contribution >= 0.6 is 0 Å². The Morgan fingerprint density at radius 1 is 1.11 bits per heavy atom. The number of benzene rings is 1. The average Bonchev–Trinajstić information content (AvgIpc) is 2.40. The van der Waals surface area contributed by atoms with E-state index in [0.717, 1.165) is 18.5 Å². The van der Waals surface area contributed by atoms with Gasteiger partial charge in [0, 0.05) is 11.6 Å². The maximum atomic E-state index is 12.1. The van der Waals surface area contributed by atoms with Gasteiger partial charge in [0.15, 0.2) is 0 Å². The van der Waals surface area contributed by atoms with Crippen LogP contribution in [0.4, 0.5) is 5.69 Å². The number of anilines is 1. The van der Waals surface area contributed by atoms with E-state index < -0.39 is 0 Å². The van der Waals surface area contributed by atoms with Gasteiger partial charge >= 0.3 is 0 Å². The van der Waals surface area contributed by atoms with Gasteiger partial charge in [-0.15, -0.1) is 0 Å². The first-order valence-corrected chi connectivity index (χ1v) is 7.07. The molecule has 0 heterocycles. The minimum atomic E-state index is 0.201. The van der Waals surface area contributed by atoms with Crippen molar-refractivity contribution >= 4 is 11.6 Å². The van der Waals surface area contributed by atoms with Gasteiger partial charge in [-0.05, 0) is 36.5 Å². The van der Waals surface area contributed by atoms with E-state index in [9.17, 15) is 4.79 Å². The molecule has 1 aromatic carbocycles. The maximum Gasteiger partial charge on any atom is 0.227 e. The Bertz CT molecular complexity index is 388. The molecule has 2 rings (SSSR count). The Kier molecular flexibility index (Phi) is 4.40. The van der Waals surface area contributed by atoms with Crippen LogP contribution in [0.15, 0.2) is 24.3 Å². The molecule has 0 bridgehead atoms. The van der Waals surface area contributed by atoms with E-state index >= 15 is 0 Å². The Balaban J connectivity index is 1.94. The van der Waals surface area contributed by atoms with Crippen LogP contribution in [0.1, 0.15) is 57.4 Å².